The Morgan fingerprint density at radius 2 is 1.70 bits per heavy atom. The van der Waals surface area contributed by atoms with Crippen LogP contribution in [0.3, 0.4) is 0 Å². The van der Waals surface area contributed by atoms with E-state index in [0.29, 0.717) is 10.9 Å². The number of nitrogens with one attached hydrogen (secondary N) is 2. The van der Waals surface area contributed by atoms with Crippen LogP contribution in [0.25, 0.3) is 22.0 Å². The largest absolute Gasteiger partial charge is 0.449 e. The number of pyridine rings is 1. The van der Waals surface area contributed by atoms with Crippen molar-refractivity contribution in [3.63, 3.8) is 0 Å². The highest BCUT2D eigenvalue weighted by molar-refractivity contribution is 5.80. The van der Waals surface area contributed by atoms with Crippen LogP contribution in [0.1, 0.15) is 28.3 Å². The van der Waals surface area contributed by atoms with Crippen molar-refractivity contribution in [2.75, 3.05) is 13.2 Å². The number of H-pyrrole nitrogens is 1. The lowest BCUT2D eigenvalue weighted by Gasteiger charge is -2.14. The van der Waals surface area contributed by atoms with Crippen LogP contribution in [-0.4, -0.2) is 24.2 Å². The number of aromatic amines is 1. The fourth-order valence-corrected chi connectivity index (χ4v) is 4.37. The van der Waals surface area contributed by atoms with Gasteiger partial charge in [0, 0.05) is 34.1 Å². The number of carbonyl (C=O) groups is 1. The first-order valence-corrected chi connectivity index (χ1v) is 10.8. The van der Waals surface area contributed by atoms with Gasteiger partial charge in [0.25, 0.3) is 0 Å². The fourth-order valence-electron chi connectivity index (χ4n) is 4.37. The first-order valence-electron chi connectivity index (χ1n) is 10.8. The van der Waals surface area contributed by atoms with Crippen LogP contribution in [0.5, 0.6) is 0 Å². The molecule has 1 heterocycles. The molecule has 1 amide bonds. The molecule has 0 atom stereocenters. The summed E-state index contributed by atoms with van der Waals surface area (Å²) in [5.74, 6) is 5.92. The Morgan fingerprint density at radius 3 is 2.42 bits per heavy atom. The maximum atomic E-state index is 12.2. The van der Waals surface area contributed by atoms with Crippen LogP contribution in [0, 0.1) is 18.8 Å². The molecule has 5 nitrogen and oxygen atoms in total. The van der Waals surface area contributed by atoms with Crippen LogP contribution in [0.15, 0.2) is 77.6 Å². The van der Waals surface area contributed by atoms with Crippen molar-refractivity contribution in [3.8, 4) is 23.0 Å². The Labute approximate surface area is 191 Å². The maximum absolute atomic E-state index is 12.2. The van der Waals surface area contributed by atoms with Crippen LogP contribution in [0.4, 0.5) is 4.79 Å². The second kappa shape index (κ2) is 8.68. The first-order chi connectivity index (χ1) is 16.1. The normalized spacial score (nSPS) is 11.9. The summed E-state index contributed by atoms with van der Waals surface area (Å²) in [7, 11) is 0. The molecule has 0 bridgehead atoms. The minimum atomic E-state index is -0.503. The molecule has 0 saturated carbocycles. The lowest BCUT2D eigenvalue weighted by Crippen LogP contribution is -2.26. The molecule has 0 spiro atoms. The van der Waals surface area contributed by atoms with E-state index in [-0.39, 0.29) is 24.5 Å². The number of benzene rings is 3. The molecule has 5 heteroatoms. The number of hydrogen-bond donors (Lipinski definition) is 2. The number of hydrogen-bond acceptors (Lipinski definition) is 3. The Hall–Kier alpha value is -4.30. The summed E-state index contributed by atoms with van der Waals surface area (Å²) in [6, 6.07) is 23.5. The van der Waals surface area contributed by atoms with Gasteiger partial charge in [0.2, 0.25) is 0 Å². The number of amides is 1. The van der Waals surface area contributed by atoms with E-state index in [4.69, 9.17) is 4.74 Å². The van der Waals surface area contributed by atoms with Crippen LogP contribution >= 0.6 is 0 Å². The van der Waals surface area contributed by atoms with Crippen LogP contribution < -0.4 is 10.7 Å². The Balaban J connectivity index is 1.20. The first kappa shape index (κ1) is 20.6. The molecule has 3 aromatic carbocycles. The van der Waals surface area contributed by atoms with E-state index in [1.54, 1.807) is 12.1 Å². The molecule has 0 unspecified atom stereocenters. The fraction of sp³-hybridized carbons (Fsp3) is 0.143. The zero-order chi connectivity index (χ0) is 22.8. The van der Waals surface area contributed by atoms with Gasteiger partial charge in [-0.2, -0.15) is 0 Å². The number of aromatic nitrogens is 1. The number of ether oxygens (including phenoxy) is 1. The van der Waals surface area contributed by atoms with E-state index in [2.05, 4.69) is 46.4 Å². The molecule has 0 aliphatic heterocycles. The molecular weight excluding hydrogens is 412 g/mol. The van der Waals surface area contributed by atoms with Crippen molar-refractivity contribution >= 4 is 17.0 Å². The van der Waals surface area contributed by atoms with Crippen molar-refractivity contribution in [2.45, 2.75) is 12.8 Å². The topological polar surface area (TPSA) is 71.2 Å². The Kier molecular flexibility index (Phi) is 5.42. The standard InChI is InChI=1S/C28H22N2O3/c1-18-15-27(31)24-16-19(12-13-26(24)30-18)7-6-14-29-28(32)33-17-25-22-10-4-2-8-20(22)21-9-3-5-11-23(21)25/h2-5,8-13,15-16,25H,14,17H2,1H3,(H,29,32)(H,30,31). The summed E-state index contributed by atoms with van der Waals surface area (Å²) in [6.45, 7) is 2.27. The third-order valence-corrected chi connectivity index (χ3v) is 5.86. The number of alkyl carbamates (subject to hydrolysis) is 1. The highest BCUT2D eigenvalue weighted by atomic mass is 16.5. The molecule has 0 saturated heterocycles. The van der Waals surface area contributed by atoms with Gasteiger partial charge in [-0.25, -0.2) is 4.79 Å². The number of carbonyl (C=O) groups excluding carboxylic acids is 1. The minimum absolute atomic E-state index is 0.0218. The molecular formula is C28H22N2O3. The van der Waals surface area contributed by atoms with E-state index in [0.717, 1.165) is 11.2 Å². The quantitative estimate of drug-likeness (QED) is 0.458. The van der Waals surface area contributed by atoms with Gasteiger partial charge >= 0.3 is 6.09 Å². The van der Waals surface area contributed by atoms with Gasteiger partial charge in [0.05, 0.1) is 6.54 Å². The number of aryl methyl sites for hydroxylation is 1. The molecule has 0 radical (unpaired) electrons. The second-order valence-corrected chi connectivity index (χ2v) is 8.06. The number of fused-ring (bicyclic) bond motifs is 4. The SMILES string of the molecule is Cc1cc(=O)c2cc(C#CCNC(=O)OCC3c4ccccc4-c4ccccc43)ccc2[nH]1. The molecule has 1 aromatic heterocycles. The molecule has 0 fully saturated rings. The average Bonchev–Trinajstić information content (AvgIpc) is 3.14. The zero-order valence-electron chi connectivity index (χ0n) is 18.1. The highest BCUT2D eigenvalue weighted by Gasteiger charge is 2.28. The summed E-state index contributed by atoms with van der Waals surface area (Å²) >= 11 is 0. The van der Waals surface area contributed by atoms with Crippen molar-refractivity contribution in [2.24, 2.45) is 0 Å². The summed E-state index contributed by atoms with van der Waals surface area (Å²) in [6.07, 6.45) is -0.503. The minimum Gasteiger partial charge on any atom is -0.449 e. The van der Waals surface area contributed by atoms with E-state index >= 15 is 0 Å². The van der Waals surface area contributed by atoms with Gasteiger partial charge in [-0.1, -0.05) is 60.4 Å². The zero-order valence-corrected chi connectivity index (χ0v) is 18.1. The summed E-state index contributed by atoms with van der Waals surface area (Å²) in [4.78, 5) is 27.6. The van der Waals surface area contributed by atoms with Crippen LogP contribution in [-0.2, 0) is 4.74 Å². The van der Waals surface area contributed by atoms with E-state index in [9.17, 15) is 9.59 Å². The van der Waals surface area contributed by atoms with Gasteiger partial charge in [0.1, 0.15) is 6.61 Å². The average molecular weight is 434 g/mol. The summed E-state index contributed by atoms with van der Waals surface area (Å²) in [5, 5.41) is 3.27. The third-order valence-electron chi connectivity index (χ3n) is 5.86. The predicted octanol–water partition coefficient (Wildman–Crippen LogP) is 4.73. The van der Waals surface area contributed by atoms with Crippen molar-refractivity contribution < 1.29 is 9.53 Å². The molecule has 5 rings (SSSR count). The molecule has 1 aliphatic rings. The predicted molar refractivity (Wildman–Crippen MR) is 129 cm³/mol. The number of rotatable bonds is 3. The van der Waals surface area contributed by atoms with Gasteiger partial charge < -0.3 is 15.0 Å². The van der Waals surface area contributed by atoms with Crippen molar-refractivity contribution in [1.82, 2.24) is 10.3 Å². The Bertz CT molecular complexity index is 1450. The van der Waals surface area contributed by atoms with Gasteiger partial charge in [-0.3, -0.25) is 4.79 Å². The molecule has 4 aromatic rings. The van der Waals surface area contributed by atoms with Crippen molar-refractivity contribution in [3.05, 3.63) is 105 Å². The maximum Gasteiger partial charge on any atom is 0.407 e. The third kappa shape index (κ3) is 4.11. The van der Waals surface area contributed by atoms with Gasteiger partial charge in [-0.15, -0.1) is 0 Å². The van der Waals surface area contributed by atoms with E-state index in [1.165, 1.54) is 22.3 Å². The molecule has 33 heavy (non-hydrogen) atoms. The van der Waals surface area contributed by atoms with Gasteiger partial charge in [-0.05, 0) is 47.4 Å². The van der Waals surface area contributed by atoms with Crippen molar-refractivity contribution in [1.29, 1.82) is 0 Å². The monoisotopic (exact) mass is 434 g/mol. The highest BCUT2D eigenvalue weighted by Crippen LogP contribution is 2.44. The van der Waals surface area contributed by atoms with E-state index in [1.807, 2.05) is 43.3 Å². The van der Waals surface area contributed by atoms with Crippen LogP contribution in [0.2, 0.25) is 0 Å². The Morgan fingerprint density at radius 1 is 1.00 bits per heavy atom. The lowest BCUT2D eigenvalue weighted by atomic mass is 9.98. The van der Waals surface area contributed by atoms with E-state index < -0.39 is 6.09 Å². The van der Waals surface area contributed by atoms with Gasteiger partial charge in [0.15, 0.2) is 5.43 Å². The summed E-state index contributed by atoms with van der Waals surface area (Å²) < 4.78 is 5.51. The second-order valence-electron chi connectivity index (χ2n) is 8.06. The molecule has 2 N–H and O–H groups in total. The summed E-state index contributed by atoms with van der Waals surface area (Å²) in [5.41, 5.74) is 7.00. The molecule has 1 aliphatic carbocycles. The lowest BCUT2D eigenvalue weighted by molar-refractivity contribution is 0.144. The smallest absolute Gasteiger partial charge is 0.407 e. The molecule has 162 valence electrons.